The van der Waals surface area contributed by atoms with E-state index in [0.717, 1.165) is 22.7 Å². The Morgan fingerprint density at radius 1 is 0.957 bits per heavy atom. The summed E-state index contributed by atoms with van der Waals surface area (Å²) in [4.78, 5) is 13.0. The molecule has 1 heterocycles. The number of aromatic nitrogens is 1. The molecule has 0 fully saturated rings. The van der Waals surface area contributed by atoms with Crippen molar-refractivity contribution in [1.29, 1.82) is 0 Å². The molecule has 0 N–H and O–H groups in total. The number of fused-ring (bicyclic) bond motifs is 3. The first-order valence-corrected chi connectivity index (χ1v) is 7.86. The van der Waals surface area contributed by atoms with Gasteiger partial charge in [-0.15, -0.1) is 0 Å². The van der Waals surface area contributed by atoms with Gasteiger partial charge in [-0.1, -0.05) is 25.1 Å². The molecule has 0 unspecified atom stereocenters. The number of benzene rings is 2. The zero-order valence-electron chi connectivity index (χ0n) is 14.0. The average Bonchev–Trinajstić information content (AvgIpc) is 2.60. The summed E-state index contributed by atoms with van der Waals surface area (Å²) in [6.07, 6.45) is 0.885. The number of hydrogen-bond acceptors (Lipinski definition) is 3. The highest BCUT2D eigenvalue weighted by Gasteiger charge is 2.15. The van der Waals surface area contributed by atoms with Crippen molar-refractivity contribution in [2.24, 2.45) is 0 Å². The minimum atomic E-state index is 0.0110. The van der Waals surface area contributed by atoms with Gasteiger partial charge in [0.1, 0.15) is 0 Å². The van der Waals surface area contributed by atoms with Crippen molar-refractivity contribution in [2.45, 2.75) is 26.8 Å². The van der Waals surface area contributed by atoms with Gasteiger partial charge in [-0.2, -0.15) is 0 Å². The molecule has 3 aromatic rings. The van der Waals surface area contributed by atoms with Gasteiger partial charge < -0.3 is 14.0 Å². The van der Waals surface area contributed by atoms with E-state index in [0.29, 0.717) is 23.4 Å². The van der Waals surface area contributed by atoms with E-state index in [-0.39, 0.29) is 5.56 Å². The lowest BCUT2D eigenvalue weighted by atomic mass is 10.0. The number of ether oxygens (including phenoxy) is 2. The van der Waals surface area contributed by atoms with E-state index in [1.807, 2.05) is 23.6 Å². The fourth-order valence-corrected chi connectivity index (χ4v) is 3.24. The molecular formula is C19H21NO3. The molecule has 0 amide bonds. The number of pyridine rings is 1. The first-order valence-electron chi connectivity index (χ1n) is 7.86. The molecule has 120 valence electrons. The van der Waals surface area contributed by atoms with Crippen LogP contribution in [-0.2, 0) is 13.0 Å². The number of rotatable bonds is 4. The van der Waals surface area contributed by atoms with Crippen molar-refractivity contribution in [2.75, 3.05) is 14.2 Å². The van der Waals surface area contributed by atoms with Gasteiger partial charge in [0, 0.05) is 17.3 Å². The molecule has 4 heteroatoms. The van der Waals surface area contributed by atoms with Crippen molar-refractivity contribution in [1.82, 2.24) is 4.57 Å². The van der Waals surface area contributed by atoms with E-state index in [1.165, 1.54) is 5.56 Å². The summed E-state index contributed by atoms with van der Waals surface area (Å²) in [5.74, 6) is 1.21. The summed E-state index contributed by atoms with van der Waals surface area (Å²) < 4.78 is 12.6. The van der Waals surface area contributed by atoms with Crippen LogP contribution in [0, 0.1) is 0 Å². The first-order chi connectivity index (χ1) is 11.2. The molecule has 2 aromatic carbocycles. The summed E-state index contributed by atoms with van der Waals surface area (Å²) in [6.45, 7) is 4.74. The summed E-state index contributed by atoms with van der Waals surface area (Å²) >= 11 is 0. The number of aryl methyl sites for hydroxylation is 2. The Bertz CT molecular complexity index is 941. The summed E-state index contributed by atoms with van der Waals surface area (Å²) in [6, 6.07) is 9.87. The predicted molar refractivity (Wildman–Crippen MR) is 93.9 cm³/mol. The standard InChI is InChI=1S/C19H21NO3/c1-5-12-8-7-9-13-14-10-16(22-3)17(23-4)11-15(14)19(21)20(6-2)18(12)13/h7-11H,5-6H2,1-4H3. The summed E-state index contributed by atoms with van der Waals surface area (Å²) in [5.41, 5.74) is 2.21. The van der Waals surface area contributed by atoms with Gasteiger partial charge in [0.05, 0.1) is 25.1 Å². The van der Waals surface area contributed by atoms with Crippen LogP contribution in [-0.4, -0.2) is 18.8 Å². The fourth-order valence-electron chi connectivity index (χ4n) is 3.24. The van der Waals surface area contributed by atoms with E-state index in [9.17, 15) is 4.79 Å². The van der Waals surface area contributed by atoms with Gasteiger partial charge in [-0.25, -0.2) is 0 Å². The van der Waals surface area contributed by atoms with E-state index < -0.39 is 0 Å². The zero-order chi connectivity index (χ0) is 16.6. The molecule has 0 atom stereocenters. The summed E-state index contributed by atoms with van der Waals surface area (Å²) in [7, 11) is 3.19. The quantitative estimate of drug-likeness (QED) is 0.689. The Morgan fingerprint density at radius 2 is 1.61 bits per heavy atom. The molecule has 0 spiro atoms. The lowest BCUT2D eigenvalue weighted by molar-refractivity contribution is 0.356. The molecule has 1 aromatic heterocycles. The first kappa shape index (κ1) is 15.4. The Morgan fingerprint density at radius 3 is 2.17 bits per heavy atom. The van der Waals surface area contributed by atoms with Gasteiger partial charge in [0.25, 0.3) is 5.56 Å². The van der Waals surface area contributed by atoms with E-state index in [2.05, 4.69) is 19.1 Å². The number of hydrogen-bond donors (Lipinski definition) is 0. The molecule has 0 saturated heterocycles. The highest BCUT2D eigenvalue weighted by molar-refractivity contribution is 6.07. The van der Waals surface area contributed by atoms with Crippen LogP contribution in [0.25, 0.3) is 21.7 Å². The molecule has 0 aliphatic carbocycles. The van der Waals surface area contributed by atoms with Gasteiger partial charge >= 0.3 is 0 Å². The summed E-state index contributed by atoms with van der Waals surface area (Å²) in [5, 5.41) is 2.63. The van der Waals surface area contributed by atoms with Crippen LogP contribution >= 0.6 is 0 Å². The van der Waals surface area contributed by atoms with Crippen LogP contribution in [0.5, 0.6) is 11.5 Å². The minimum absolute atomic E-state index is 0.0110. The Hall–Kier alpha value is -2.49. The third-order valence-corrected chi connectivity index (χ3v) is 4.38. The van der Waals surface area contributed by atoms with Gasteiger partial charge in [0.2, 0.25) is 0 Å². The Labute approximate surface area is 135 Å². The molecule has 0 aliphatic rings. The Balaban J connectivity index is 2.59. The third kappa shape index (κ3) is 2.25. The molecular weight excluding hydrogens is 290 g/mol. The number of nitrogens with zero attached hydrogens (tertiary/aromatic N) is 1. The number of para-hydroxylation sites is 1. The van der Waals surface area contributed by atoms with Crippen LogP contribution in [0.1, 0.15) is 19.4 Å². The second-order valence-corrected chi connectivity index (χ2v) is 5.47. The average molecular weight is 311 g/mol. The van der Waals surface area contributed by atoms with Crippen molar-refractivity contribution in [3.8, 4) is 11.5 Å². The van der Waals surface area contributed by atoms with E-state index in [4.69, 9.17) is 9.47 Å². The van der Waals surface area contributed by atoms with Crippen LogP contribution in [0.3, 0.4) is 0 Å². The fraction of sp³-hybridized carbons (Fsp3) is 0.316. The largest absolute Gasteiger partial charge is 0.493 e. The second kappa shape index (κ2) is 5.95. The maximum absolute atomic E-state index is 13.0. The highest BCUT2D eigenvalue weighted by Crippen LogP contribution is 2.34. The molecule has 0 aliphatic heterocycles. The van der Waals surface area contributed by atoms with Crippen LogP contribution < -0.4 is 15.0 Å². The topological polar surface area (TPSA) is 40.5 Å². The highest BCUT2D eigenvalue weighted by atomic mass is 16.5. The van der Waals surface area contributed by atoms with Crippen LogP contribution in [0.15, 0.2) is 35.1 Å². The van der Waals surface area contributed by atoms with Crippen LogP contribution in [0.4, 0.5) is 0 Å². The zero-order valence-corrected chi connectivity index (χ0v) is 14.0. The molecule has 0 bridgehead atoms. The normalized spacial score (nSPS) is 11.1. The molecule has 3 rings (SSSR count). The van der Waals surface area contributed by atoms with Crippen molar-refractivity contribution in [3.63, 3.8) is 0 Å². The van der Waals surface area contributed by atoms with Crippen molar-refractivity contribution in [3.05, 3.63) is 46.2 Å². The molecule has 23 heavy (non-hydrogen) atoms. The van der Waals surface area contributed by atoms with Gasteiger partial charge in [-0.3, -0.25) is 4.79 Å². The van der Waals surface area contributed by atoms with E-state index in [1.54, 1.807) is 20.3 Å². The lowest BCUT2D eigenvalue weighted by Crippen LogP contribution is -2.21. The van der Waals surface area contributed by atoms with Crippen molar-refractivity contribution < 1.29 is 9.47 Å². The molecule has 0 saturated carbocycles. The lowest BCUT2D eigenvalue weighted by Gasteiger charge is -2.16. The predicted octanol–water partition coefficient (Wildman–Crippen LogP) is 3.75. The third-order valence-electron chi connectivity index (χ3n) is 4.38. The number of methoxy groups -OCH3 is 2. The van der Waals surface area contributed by atoms with E-state index >= 15 is 0 Å². The molecule has 4 nitrogen and oxygen atoms in total. The maximum atomic E-state index is 13.0. The van der Waals surface area contributed by atoms with Gasteiger partial charge in [-0.05, 0) is 31.0 Å². The minimum Gasteiger partial charge on any atom is -0.493 e. The second-order valence-electron chi connectivity index (χ2n) is 5.47. The maximum Gasteiger partial charge on any atom is 0.259 e. The Kier molecular flexibility index (Phi) is 3.99. The van der Waals surface area contributed by atoms with Gasteiger partial charge in [0.15, 0.2) is 11.5 Å². The monoisotopic (exact) mass is 311 g/mol. The SMILES string of the molecule is CCc1cccc2c3cc(OC)c(OC)cc3c(=O)n(CC)c12. The molecule has 0 radical (unpaired) electrons. The smallest absolute Gasteiger partial charge is 0.259 e. The van der Waals surface area contributed by atoms with Crippen molar-refractivity contribution >= 4 is 21.7 Å². The van der Waals surface area contributed by atoms with Crippen LogP contribution in [0.2, 0.25) is 0 Å².